The van der Waals surface area contributed by atoms with Crippen LogP contribution in [0.4, 0.5) is 11.4 Å². The maximum absolute atomic E-state index is 2.74. The number of benzene rings is 9. The molecule has 0 amide bonds. The van der Waals surface area contributed by atoms with Gasteiger partial charge in [-0.3, -0.25) is 0 Å². The molecule has 3 heterocycles. The molecular formula is C58H45BN2. The van der Waals surface area contributed by atoms with Gasteiger partial charge in [0.1, 0.15) is 0 Å². The summed E-state index contributed by atoms with van der Waals surface area (Å²) < 4.78 is 2.64. The molecular weight excluding hydrogens is 735 g/mol. The molecule has 0 bridgehead atoms. The summed E-state index contributed by atoms with van der Waals surface area (Å²) in [6, 6.07) is 66.9. The molecule has 290 valence electrons. The van der Waals surface area contributed by atoms with E-state index in [9.17, 15) is 0 Å². The Labute approximate surface area is 357 Å². The Morgan fingerprint density at radius 1 is 0.459 bits per heavy atom. The van der Waals surface area contributed by atoms with Gasteiger partial charge in [-0.2, -0.15) is 0 Å². The van der Waals surface area contributed by atoms with Crippen LogP contribution < -0.4 is 15.7 Å². The van der Waals surface area contributed by atoms with Gasteiger partial charge < -0.3 is 9.38 Å². The lowest BCUT2D eigenvalue weighted by Crippen LogP contribution is -2.60. The van der Waals surface area contributed by atoms with E-state index < -0.39 is 0 Å². The fourth-order valence-electron chi connectivity index (χ4n) is 11.5. The topological polar surface area (TPSA) is 8.17 Å². The quantitative estimate of drug-likeness (QED) is 0.162. The van der Waals surface area contributed by atoms with Crippen molar-refractivity contribution in [1.82, 2.24) is 4.57 Å². The van der Waals surface area contributed by atoms with E-state index in [-0.39, 0.29) is 17.7 Å². The summed E-state index contributed by atoms with van der Waals surface area (Å²) in [4.78, 5) is 2.74. The second-order valence-corrected chi connectivity index (χ2v) is 19.2. The highest BCUT2D eigenvalue weighted by Crippen LogP contribution is 2.51. The van der Waals surface area contributed by atoms with Crippen molar-refractivity contribution < 1.29 is 0 Å². The van der Waals surface area contributed by atoms with E-state index in [2.05, 4.69) is 213 Å². The number of aromatic nitrogens is 1. The lowest BCUT2D eigenvalue weighted by molar-refractivity contribution is 0.332. The minimum absolute atomic E-state index is 0.0675. The summed E-state index contributed by atoms with van der Waals surface area (Å²) in [5, 5.41) is 7.65. The van der Waals surface area contributed by atoms with E-state index in [4.69, 9.17) is 0 Å². The number of hydrogen-bond donors (Lipinski definition) is 0. The van der Waals surface area contributed by atoms with Crippen molar-refractivity contribution in [3.8, 4) is 39.1 Å². The molecule has 3 heteroatoms. The molecule has 1 aliphatic carbocycles. The van der Waals surface area contributed by atoms with Crippen LogP contribution >= 0.6 is 0 Å². The summed E-state index contributed by atoms with van der Waals surface area (Å²) in [5.74, 6) is 0. The number of hydrogen-bond acceptors (Lipinski definition) is 1. The summed E-state index contributed by atoms with van der Waals surface area (Å²) in [5.41, 5.74) is 19.8. The molecule has 0 atom stereocenters. The van der Waals surface area contributed by atoms with Crippen LogP contribution in [0, 0.1) is 0 Å². The molecule has 2 aliphatic heterocycles. The Kier molecular flexibility index (Phi) is 7.09. The Morgan fingerprint density at radius 2 is 1.08 bits per heavy atom. The van der Waals surface area contributed by atoms with Crippen molar-refractivity contribution in [2.45, 2.75) is 51.4 Å². The van der Waals surface area contributed by atoms with E-state index >= 15 is 0 Å². The first-order valence-electron chi connectivity index (χ1n) is 22.0. The zero-order chi connectivity index (χ0) is 40.8. The summed E-state index contributed by atoms with van der Waals surface area (Å²) in [6.45, 7) is 9.70. The molecule has 9 aromatic carbocycles. The molecule has 0 N–H and O–H groups in total. The highest BCUT2D eigenvalue weighted by molar-refractivity contribution is 6.94. The fraction of sp³-hybridized carbons (Fsp3) is 0.138. The Bertz CT molecular complexity index is 3480. The van der Waals surface area contributed by atoms with Crippen LogP contribution in [0.15, 0.2) is 176 Å². The van der Waals surface area contributed by atoms with Crippen LogP contribution in [-0.4, -0.2) is 11.4 Å². The molecule has 0 fully saturated rings. The zero-order valence-corrected chi connectivity index (χ0v) is 35.1. The minimum Gasteiger partial charge on any atom is -0.376 e. The average Bonchev–Trinajstić information content (AvgIpc) is 3.62. The normalized spacial score (nSPS) is 15.6. The maximum Gasteiger partial charge on any atom is 0.333 e. The van der Waals surface area contributed by atoms with Gasteiger partial charge in [0.15, 0.2) is 0 Å². The Morgan fingerprint density at radius 3 is 1.84 bits per heavy atom. The molecule has 0 saturated heterocycles. The van der Waals surface area contributed by atoms with Gasteiger partial charge in [0.2, 0.25) is 0 Å². The average molecular weight is 781 g/mol. The number of anilines is 2. The predicted molar refractivity (Wildman–Crippen MR) is 261 cm³/mol. The lowest BCUT2D eigenvalue weighted by atomic mass is 9.43. The Balaban J connectivity index is 1.22. The van der Waals surface area contributed by atoms with Crippen molar-refractivity contribution in [2.75, 3.05) is 4.81 Å². The van der Waals surface area contributed by atoms with Crippen LogP contribution in [0.25, 0.3) is 82.4 Å². The summed E-state index contributed by atoms with van der Waals surface area (Å²) >= 11 is 0. The lowest BCUT2D eigenvalue weighted by Gasteiger charge is -2.45. The van der Waals surface area contributed by atoms with Gasteiger partial charge in [-0.1, -0.05) is 155 Å². The molecule has 0 radical (unpaired) electrons. The second-order valence-electron chi connectivity index (χ2n) is 19.2. The third-order valence-electron chi connectivity index (χ3n) is 14.7. The smallest absolute Gasteiger partial charge is 0.333 e. The third kappa shape index (κ3) is 4.92. The van der Waals surface area contributed by atoms with Gasteiger partial charge in [-0.15, -0.1) is 0 Å². The molecule has 0 spiro atoms. The monoisotopic (exact) mass is 780 g/mol. The maximum atomic E-state index is 2.74. The van der Waals surface area contributed by atoms with Crippen molar-refractivity contribution in [2.24, 2.45) is 0 Å². The molecule has 61 heavy (non-hydrogen) atoms. The molecule has 0 saturated carbocycles. The molecule has 2 nitrogen and oxygen atoms in total. The standard InChI is InChI=1S/C58H45BN2/c1-57(2)27-28-58(3,4)50-35-43(24-25-49(50)57)61-53-34-39-20-12-11-19-38(39)29-45(53)47-31-41-21-13-14-22-44(41)56-54(47)59(61)51-33-42(37-17-9-6-10-18-37)32-48-46-30-40(36-15-7-5-8-16-36)23-26-52(46)60(56)55(48)51/h5-26,29-35H,27-28H2,1-4H3. The van der Waals surface area contributed by atoms with E-state index in [0.29, 0.717) is 0 Å². The second kappa shape index (κ2) is 12.4. The number of nitrogens with zero attached hydrogens (tertiary/aromatic N) is 2. The summed E-state index contributed by atoms with van der Waals surface area (Å²) in [7, 11) is 0. The fourth-order valence-corrected chi connectivity index (χ4v) is 11.5. The van der Waals surface area contributed by atoms with Crippen LogP contribution in [0.1, 0.15) is 51.7 Å². The van der Waals surface area contributed by atoms with Gasteiger partial charge in [0.25, 0.3) is 0 Å². The van der Waals surface area contributed by atoms with Crippen molar-refractivity contribution in [1.29, 1.82) is 0 Å². The van der Waals surface area contributed by atoms with E-state index in [0.717, 1.165) is 0 Å². The number of fused-ring (bicyclic) bond motifs is 11. The van der Waals surface area contributed by atoms with Gasteiger partial charge in [0.05, 0.1) is 16.7 Å². The van der Waals surface area contributed by atoms with Crippen LogP contribution in [-0.2, 0) is 10.8 Å². The van der Waals surface area contributed by atoms with Gasteiger partial charge >= 0.3 is 6.85 Å². The minimum atomic E-state index is -0.0856. The van der Waals surface area contributed by atoms with Gasteiger partial charge in [-0.25, -0.2) is 0 Å². The first kappa shape index (κ1) is 35.0. The van der Waals surface area contributed by atoms with Crippen molar-refractivity contribution in [3.63, 3.8) is 0 Å². The Hall–Kier alpha value is -6.84. The van der Waals surface area contributed by atoms with Crippen LogP contribution in [0.3, 0.4) is 0 Å². The van der Waals surface area contributed by atoms with Crippen LogP contribution in [0.2, 0.25) is 0 Å². The van der Waals surface area contributed by atoms with E-state index in [1.54, 1.807) is 0 Å². The molecule has 1 aromatic heterocycles. The van der Waals surface area contributed by atoms with Crippen molar-refractivity contribution in [3.05, 3.63) is 187 Å². The highest BCUT2D eigenvalue weighted by Gasteiger charge is 2.46. The highest BCUT2D eigenvalue weighted by atomic mass is 15.1. The first-order valence-corrected chi connectivity index (χ1v) is 22.0. The molecule has 10 aromatic rings. The number of rotatable bonds is 3. The zero-order valence-electron chi connectivity index (χ0n) is 35.1. The first-order chi connectivity index (χ1) is 29.7. The largest absolute Gasteiger partial charge is 0.376 e. The van der Waals surface area contributed by atoms with E-state index in [1.165, 1.54) is 129 Å². The van der Waals surface area contributed by atoms with Crippen molar-refractivity contribution >= 4 is 72.5 Å². The van der Waals surface area contributed by atoms with Crippen LogP contribution in [0.5, 0.6) is 0 Å². The molecule has 3 aliphatic rings. The predicted octanol–water partition coefficient (Wildman–Crippen LogP) is 14.0. The van der Waals surface area contributed by atoms with Gasteiger partial charge in [-0.05, 0) is 138 Å². The van der Waals surface area contributed by atoms with E-state index in [1.807, 2.05) is 0 Å². The summed E-state index contributed by atoms with van der Waals surface area (Å²) in [6.07, 6.45) is 2.36. The third-order valence-corrected chi connectivity index (χ3v) is 14.7. The van der Waals surface area contributed by atoms with Gasteiger partial charge in [0, 0.05) is 33.1 Å². The molecule has 13 rings (SSSR count). The molecule has 0 unspecified atom stereocenters. The SMILES string of the molecule is CC1(C)CCC(C)(C)c2cc(N3B4c5c(cc6ccccc6c5-n5c6ccc(-c7ccccc7)cc6c6cc(-c7ccccc7)cc4c65)-c4cc5ccccc5cc43)ccc21.